The van der Waals surface area contributed by atoms with Crippen molar-refractivity contribution >= 4 is 21.8 Å². The third-order valence-corrected chi connectivity index (χ3v) is 3.80. The number of hydrogen-bond acceptors (Lipinski definition) is 1. The van der Waals surface area contributed by atoms with Crippen LogP contribution < -0.4 is 5.32 Å². The zero-order valence-corrected chi connectivity index (χ0v) is 12.1. The predicted molar refractivity (Wildman–Crippen MR) is 72.2 cm³/mol. The van der Waals surface area contributed by atoms with Crippen LogP contribution in [0.4, 0.5) is 0 Å². The van der Waals surface area contributed by atoms with Gasteiger partial charge in [-0.25, -0.2) is 0 Å². The summed E-state index contributed by atoms with van der Waals surface area (Å²) < 4.78 is 2.96. The predicted octanol–water partition coefficient (Wildman–Crippen LogP) is 3.36. The third kappa shape index (κ3) is 2.73. The average molecular weight is 299 g/mol. The summed E-state index contributed by atoms with van der Waals surface area (Å²) in [6.07, 6.45) is 4.25. The van der Waals surface area contributed by atoms with E-state index in [0.717, 1.165) is 23.0 Å². The Morgan fingerprint density at radius 3 is 2.88 bits per heavy atom. The zero-order chi connectivity index (χ0) is 12.6. The highest BCUT2D eigenvalue weighted by atomic mass is 79.9. The minimum atomic E-state index is 0.0466. The highest BCUT2D eigenvalue weighted by Gasteiger charge is 2.37. The highest BCUT2D eigenvalue weighted by Crippen LogP contribution is 2.33. The van der Waals surface area contributed by atoms with Crippen LogP contribution >= 0.6 is 15.9 Å². The van der Waals surface area contributed by atoms with Gasteiger partial charge < -0.3 is 9.88 Å². The first-order valence-electron chi connectivity index (χ1n) is 6.21. The Morgan fingerprint density at radius 1 is 1.65 bits per heavy atom. The maximum atomic E-state index is 12.1. The second-order valence-corrected chi connectivity index (χ2v) is 5.94. The number of aromatic nitrogens is 1. The lowest BCUT2D eigenvalue weighted by Gasteiger charge is -2.12. The van der Waals surface area contributed by atoms with Crippen LogP contribution in [-0.4, -0.2) is 16.5 Å². The van der Waals surface area contributed by atoms with E-state index in [9.17, 15) is 4.79 Å². The average Bonchev–Trinajstić information content (AvgIpc) is 2.89. The van der Waals surface area contributed by atoms with Gasteiger partial charge in [0.2, 0.25) is 0 Å². The lowest BCUT2D eigenvalue weighted by Crippen LogP contribution is -2.29. The van der Waals surface area contributed by atoms with Crippen LogP contribution in [0, 0.1) is 5.92 Å². The van der Waals surface area contributed by atoms with Gasteiger partial charge in [0.1, 0.15) is 5.69 Å². The number of amides is 1. The van der Waals surface area contributed by atoms with Gasteiger partial charge >= 0.3 is 0 Å². The standard InChI is InChI=1S/C13H19BrN2O/c1-4-9-5-11(9)15-13(17)12-6-10(14)7-16(12)8(2)3/h6-9,11H,4-5H2,1-3H3,(H,15,17). The Kier molecular flexibility index (Phi) is 3.61. The van der Waals surface area contributed by atoms with Gasteiger partial charge in [-0.15, -0.1) is 0 Å². The Labute approximate surface area is 111 Å². The molecule has 1 aliphatic carbocycles. The van der Waals surface area contributed by atoms with Gasteiger partial charge in [-0.1, -0.05) is 13.3 Å². The van der Waals surface area contributed by atoms with Crippen LogP contribution in [0.1, 0.15) is 50.1 Å². The number of nitrogens with zero attached hydrogens (tertiary/aromatic N) is 1. The molecule has 0 saturated heterocycles. The molecule has 2 rings (SSSR count). The van der Waals surface area contributed by atoms with E-state index < -0.39 is 0 Å². The Morgan fingerprint density at radius 2 is 2.35 bits per heavy atom. The molecule has 0 aliphatic heterocycles. The van der Waals surface area contributed by atoms with Gasteiger partial charge in [0.05, 0.1) is 0 Å². The molecule has 17 heavy (non-hydrogen) atoms. The van der Waals surface area contributed by atoms with E-state index in [2.05, 4.69) is 42.0 Å². The largest absolute Gasteiger partial charge is 0.348 e. The van der Waals surface area contributed by atoms with Crippen molar-refractivity contribution in [1.29, 1.82) is 0 Å². The Balaban J connectivity index is 2.08. The molecule has 94 valence electrons. The molecule has 1 aromatic heterocycles. The monoisotopic (exact) mass is 298 g/mol. The summed E-state index contributed by atoms with van der Waals surface area (Å²) in [6.45, 7) is 6.33. The minimum Gasteiger partial charge on any atom is -0.348 e. The van der Waals surface area contributed by atoms with Crippen molar-refractivity contribution in [2.45, 2.75) is 45.7 Å². The Hall–Kier alpha value is -0.770. The molecule has 3 nitrogen and oxygen atoms in total. The van der Waals surface area contributed by atoms with E-state index >= 15 is 0 Å². The fourth-order valence-corrected chi connectivity index (χ4v) is 2.61. The molecular formula is C13H19BrN2O. The molecule has 2 atom stereocenters. The van der Waals surface area contributed by atoms with E-state index in [-0.39, 0.29) is 5.91 Å². The molecule has 1 N–H and O–H groups in total. The third-order valence-electron chi connectivity index (χ3n) is 3.37. The van der Waals surface area contributed by atoms with Crippen molar-refractivity contribution in [3.05, 3.63) is 22.4 Å². The van der Waals surface area contributed by atoms with Crippen LogP contribution in [0.2, 0.25) is 0 Å². The van der Waals surface area contributed by atoms with E-state index in [1.807, 2.05) is 16.8 Å². The summed E-state index contributed by atoms with van der Waals surface area (Å²) in [5.41, 5.74) is 0.744. The van der Waals surface area contributed by atoms with E-state index in [1.54, 1.807) is 0 Å². The molecular weight excluding hydrogens is 280 g/mol. The van der Waals surface area contributed by atoms with E-state index in [1.165, 1.54) is 0 Å². The van der Waals surface area contributed by atoms with Gasteiger partial charge in [-0.05, 0) is 48.2 Å². The minimum absolute atomic E-state index is 0.0466. The molecule has 0 radical (unpaired) electrons. The first-order chi connectivity index (χ1) is 8.02. The summed E-state index contributed by atoms with van der Waals surface area (Å²) in [7, 11) is 0. The zero-order valence-electron chi connectivity index (χ0n) is 10.5. The fraction of sp³-hybridized carbons (Fsp3) is 0.615. The maximum absolute atomic E-state index is 12.1. The molecule has 1 saturated carbocycles. The van der Waals surface area contributed by atoms with Crippen molar-refractivity contribution in [3.63, 3.8) is 0 Å². The van der Waals surface area contributed by atoms with Crippen molar-refractivity contribution < 1.29 is 4.79 Å². The summed E-state index contributed by atoms with van der Waals surface area (Å²) >= 11 is 3.43. The second kappa shape index (κ2) is 4.84. The molecule has 0 bridgehead atoms. The number of carbonyl (C=O) groups is 1. The summed E-state index contributed by atoms with van der Waals surface area (Å²) in [5, 5.41) is 3.10. The van der Waals surface area contributed by atoms with Crippen LogP contribution in [0.15, 0.2) is 16.7 Å². The molecule has 1 amide bonds. The topological polar surface area (TPSA) is 34.0 Å². The van der Waals surface area contributed by atoms with Crippen molar-refractivity contribution in [3.8, 4) is 0 Å². The highest BCUT2D eigenvalue weighted by molar-refractivity contribution is 9.10. The second-order valence-electron chi connectivity index (χ2n) is 5.03. The van der Waals surface area contributed by atoms with Gasteiger partial charge in [-0.3, -0.25) is 4.79 Å². The SMILES string of the molecule is CCC1CC1NC(=O)c1cc(Br)cn1C(C)C. The summed E-state index contributed by atoms with van der Waals surface area (Å²) in [5.74, 6) is 0.732. The number of rotatable bonds is 4. The van der Waals surface area contributed by atoms with Gasteiger partial charge in [0, 0.05) is 22.8 Å². The molecule has 0 aromatic carbocycles. The van der Waals surface area contributed by atoms with Crippen LogP contribution in [0.5, 0.6) is 0 Å². The van der Waals surface area contributed by atoms with Gasteiger partial charge in [0.25, 0.3) is 5.91 Å². The van der Waals surface area contributed by atoms with Crippen molar-refractivity contribution in [2.24, 2.45) is 5.92 Å². The number of nitrogens with one attached hydrogen (secondary N) is 1. The van der Waals surface area contributed by atoms with Gasteiger partial charge in [0.15, 0.2) is 0 Å². The fourth-order valence-electron chi connectivity index (χ4n) is 2.17. The summed E-state index contributed by atoms with van der Waals surface area (Å²) in [4.78, 5) is 12.1. The quantitative estimate of drug-likeness (QED) is 0.909. The number of halogens is 1. The molecule has 0 spiro atoms. The van der Waals surface area contributed by atoms with E-state index in [0.29, 0.717) is 18.0 Å². The molecule has 1 fully saturated rings. The van der Waals surface area contributed by atoms with Crippen LogP contribution in [-0.2, 0) is 0 Å². The maximum Gasteiger partial charge on any atom is 0.268 e. The molecule has 1 aromatic rings. The van der Waals surface area contributed by atoms with Crippen molar-refractivity contribution in [2.75, 3.05) is 0 Å². The first kappa shape index (κ1) is 12.7. The van der Waals surface area contributed by atoms with Gasteiger partial charge in [-0.2, -0.15) is 0 Å². The normalized spacial score (nSPS) is 22.9. The lowest BCUT2D eigenvalue weighted by molar-refractivity contribution is 0.0938. The summed E-state index contributed by atoms with van der Waals surface area (Å²) in [6, 6.07) is 2.57. The Bertz CT molecular complexity index is 425. The smallest absolute Gasteiger partial charge is 0.268 e. The number of hydrogen-bond donors (Lipinski definition) is 1. The molecule has 4 heteroatoms. The lowest BCUT2D eigenvalue weighted by atomic mass is 10.3. The molecule has 2 unspecified atom stereocenters. The first-order valence-corrected chi connectivity index (χ1v) is 7.00. The van der Waals surface area contributed by atoms with Crippen LogP contribution in [0.25, 0.3) is 0 Å². The molecule has 1 heterocycles. The van der Waals surface area contributed by atoms with Crippen molar-refractivity contribution in [1.82, 2.24) is 9.88 Å². The van der Waals surface area contributed by atoms with E-state index in [4.69, 9.17) is 0 Å². The van der Waals surface area contributed by atoms with Crippen LogP contribution in [0.3, 0.4) is 0 Å². The molecule has 1 aliphatic rings. The number of carbonyl (C=O) groups excluding carboxylic acids is 1.